The Hall–Kier alpha value is -3.52. The number of carbonyl (C=O) groups is 2. The van der Waals surface area contributed by atoms with Crippen molar-refractivity contribution in [1.82, 2.24) is 4.90 Å². The predicted molar refractivity (Wildman–Crippen MR) is 152 cm³/mol. The molecule has 3 aromatic rings. The van der Waals surface area contributed by atoms with Gasteiger partial charge in [-0.25, -0.2) is 4.79 Å². The highest BCUT2D eigenvalue weighted by Gasteiger charge is 2.53. The Morgan fingerprint density at radius 3 is 1.62 bits per heavy atom. The maximum absolute atomic E-state index is 13.7. The van der Waals surface area contributed by atoms with Gasteiger partial charge in [-0.05, 0) is 37.5 Å². The lowest BCUT2D eigenvalue weighted by Gasteiger charge is -2.32. The number of likely N-dealkylation sites (tertiary alicyclic amines) is 1. The fraction of sp³-hybridized carbons (Fsp3) is 0.394. The van der Waals surface area contributed by atoms with Crippen LogP contribution in [0.5, 0.6) is 0 Å². The van der Waals surface area contributed by atoms with E-state index < -0.39 is 36.0 Å². The fourth-order valence-electron chi connectivity index (χ4n) is 4.92. The van der Waals surface area contributed by atoms with Crippen molar-refractivity contribution in [1.29, 1.82) is 0 Å². The number of hydrogen-bond acceptors (Lipinski definition) is 6. The number of rotatable bonds is 12. The minimum absolute atomic E-state index is 0.0824. The third-order valence-corrected chi connectivity index (χ3v) is 6.71. The van der Waals surface area contributed by atoms with Crippen molar-refractivity contribution in [2.45, 2.75) is 76.9 Å². The van der Waals surface area contributed by atoms with Crippen molar-refractivity contribution in [3.8, 4) is 0 Å². The SMILES string of the molecule is CC(C)(C)OC(=O)N1[C@H](CC=O)[C@@H](OCc2ccccc2)[C@H](OCc2ccccc2)[C@H]1COCc1ccccc1. The van der Waals surface area contributed by atoms with Crippen LogP contribution in [0.3, 0.4) is 0 Å². The molecule has 1 amide bonds. The zero-order valence-corrected chi connectivity index (χ0v) is 23.5. The van der Waals surface area contributed by atoms with Gasteiger partial charge in [-0.3, -0.25) is 4.90 Å². The molecule has 0 bridgehead atoms. The first-order valence-corrected chi connectivity index (χ1v) is 13.7. The van der Waals surface area contributed by atoms with Crippen molar-refractivity contribution in [2.24, 2.45) is 0 Å². The van der Waals surface area contributed by atoms with E-state index in [4.69, 9.17) is 18.9 Å². The van der Waals surface area contributed by atoms with Crippen LogP contribution in [0, 0.1) is 0 Å². The van der Waals surface area contributed by atoms with E-state index in [9.17, 15) is 9.59 Å². The van der Waals surface area contributed by atoms with E-state index in [0.717, 1.165) is 23.0 Å². The van der Waals surface area contributed by atoms with Gasteiger partial charge in [0.2, 0.25) is 0 Å². The summed E-state index contributed by atoms with van der Waals surface area (Å²) in [5.74, 6) is 0. The summed E-state index contributed by atoms with van der Waals surface area (Å²) >= 11 is 0. The van der Waals surface area contributed by atoms with Crippen molar-refractivity contribution in [2.75, 3.05) is 6.61 Å². The molecule has 1 saturated heterocycles. The molecule has 1 aliphatic rings. The van der Waals surface area contributed by atoms with Crippen molar-refractivity contribution >= 4 is 12.4 Å². The van der Waals surface area contributed by atoms with E-state index in [1.165, 1.54) is 0 Å². The van der Waals surface area contributed by atoms with E-state index >= 15 is 0 Å². The standard InChI is InChI=1S/C33H39NO6/c1-33(2,3)40-32(36)34-28(19-20-35)30(38-22-26-15-9-5-10-16-26)31(39-23-27-17-11-6-12-18-27)29(34)24-37-21-25-13-7-4-8-14-25/h4-18,20,28-31H,19,21-24H2,1-3H3/t28-,29-,30-,31-/m1/s1. The Balaban J connectivity index is 1.64. The lowest BCUT2D eigenvalue weighted by molar-refractivity contribution is -0.111. The summed E-state index contributed by atoms with van der Waals surface area (Å²) in [7, 11) is 0. The first-order valence-electron chi connectivity index (χ1n) is 13.7. The molecule has 1 aliphatic heterocycles. The normalized spacial score (nSPS) is 20.8. The Morgan fingerprint density at radius 1 is 0.725 bits per heavy atom. The topological polar surface area (TPSA) is 74.3 Å². The molecule has 0 N–H and O–H groups in total. The number of carbonyl (C=O) groups excluding carboxylic acids is 2. The lowest BCUT2D eigenvalue weighted by Crippen LogP contribution is -2.48. The predicted octanol–water partition coefficient (Wildman–Crippen LogP) is 5.95. The second-order valence-electron chi connectivity index (χ2n) is 10.9. The molecule has 0 aromatic heterocycles. The third kappa shape index (κ3) is 8.24. The second kappa shape index (κ2) is 14.2. The summed E-state index contributed by atoms with van der Waals surface area (Å²) in [6.45, 7) is 6.66. The second-order valence-corrected chi connectivity index (χ2v) is 10.9. The zero-order valence-electron chi connectivity index (χ0n) is 23.5. The van der Waals surface area contributed by atoms with Gasteiger partial charge in [0.15, 0.2) is 0 Å². The zero-order chi connectivity index (χ0) is 28.4. The summed E-state index contributed by atoms with van der Waals surface area (Å²) in [4.78, 5) is 27.2. The number of amides is 1. The van der Waals surface area contributed by atoms with Gasteiger partial charge in [0.1, 0.15) is 24.1 Å². The molecule has 4 rings (SSSR count). The molecule has 0 aliphatic carbocycles. The van der Waals surface area contributed by atoms with Crippen LogP contribution in [0.1, 0.15) is 43.9 Å². The van der Waals surface area contributed by atoms with Gasteiger partial charge in [-0.1, -0.05) is 91.0 Å². The van der Waals surface area contributed by atoms with Gasteiger partial charge in [0, 0.05) is 6.42 Å². The van der Waals surface area contributed by atoms with Gasteiger partial charge in [-0.15, -0.1) is 0 Å². The summed E-state index contributed by atoms with van der Waals surface area (Å²) in [5.41, 5.74) is 2.28. The van der Waals surface area contributed by atoms with Gasteiger partial charge in [0.25, 0.3) is 0 Å². The van der Waals surface area contributed by atoms with Crippen LogP contribution < -0.4 is 0 Å². The minimum atomic E-state index is -0.721. The Kier molecular flexibility index (Phi) is 10.5. The number of nitrogens with zero attached hydrogens (tertiary/aromatic N) is 1. The molecule has 212 valence electrons. The molecule has 0 spiro atoms. The first kappa shape index (κ1) is 29.5. The summed E-state index contributed by atoms with van der Waals surface area (Å²) in [6, 6.07) is 28.4. The maximum Gasteiger partial charge on any atom is 0.411 e. The van der Waals surface area contributed by atoms with Crippen LogP contribution in [0.2, 0.25) is 0 Å². The summed E-state index contributed by atoms with van der Waals surface area (Å²) in [6.07, 6.45) is -0.752. The average molecular weight is 546 g/mol. The number of ether oxygens (including phenoxy) is 4. The molecule has 7 nitrogen and oxygen atoms in total. The van der Waals surface area contributed by atoms with Crippen LogP contribution >= 0.6 is 0 Å². The average Bonchev–Trinajstić information content (AvgIpc) is 3.23. The van der Waals surface area contributed by atoms with Crippen LogP contribution in [0.25, 0.3) is 0 Å². The molecular weight excluding hydrogens is 506 g/mol. The smallest absolute Gasteiger partial charge is 0.411 e. The Bertz CT molecular complexity index is 1180. The number of aldehydes is 1. The van der Waals surface area contributed by atoms with Crippen molar-refractivity contribution in [3.63, 3.8) is 0 Å². The monoisotopic (exact) mass is 545 g/mol. The van der Waals surface area contributed by atoms with Gasteiger partial charge >= 0.3 is 6.09 Å². The Morgan fingerprint density at radius 2 is 1.18 bits per heavy atom. The van der Waals surface area contributed by atoms with Crippen LogP contribution in [-0.2, 0) is 43.6 Å². The molecule has 7 heteroatoms. The molecule has 4 atom stereocenters. The molecule has 1 fully saturated rings. The van der Waals surface area contributed by atoms with E-state index in [2.05, 4.69) is 0 Å². The quantitative estimate of drug-likeness (QED) is 0.262. The highest BCUT2D eigenvalue weighted by molar-refractivity contribution is 5.71. The Labute approximate surface area is 237 Å². The first-order chi connectivity index (χ1) is 19.4. The summed E-state index contributed by atoms with van der Waals surface area (Å²) < 4.78 is 25.0. The largest absolute Gasteiger partial charge is 0.444 e. The van der Waals surface area contributed by atoms with Gasteiger partial charge in [0.05, 0.1) is 38.5 Å². The molecule has 0 unspecified atom stereocenters. The van der Waals surface area contributed by atoms with Crippen molar-refractivity contribution in [3.05, 3.63) is 108 Å². The molecule has 0 radical (unpaired) electrons. The number of hydrogen-bond donors (Lipinski definition) is 0. The summed E-state index contributed by atoms with van der Waals surface area (Å²) in [5, 5.41) is 0. The van der Waals surface area contributed by atoms with E-state index in [1.54, 1.807) is 4.90 Å². The molecule has 3 aromatic carbocycles. The van der Waals surface area contributed by atoms with E-state index in [-0.39, 0.29) is 13.0 Å². The highest BCUT2D eigenvalue weighted by atomic mass is 16.6. The third-order valence-electron chi connectivity index (χ3n) is 6.71. The molecular formula is C33H39NO6. The number of benzene rings is 3. The van der Waals surface area contributed by atoms with Crippen molar-refractivity contribution < 1.29 is 28.5 Å². The van der Waals surface area contributed by atoms with Crippen LogP contribution in [-0.4, -0.2) is 53.8 Å². The highest BCUT2D eigenvalue weighted by Crippen LogP contribution is 2.34. The van der Waals surface area contributed by atoms with Gasteiger partial charge in [-0.2, -0.15) is 0 Å². The molecule has 0 saturated carbocycles. The molecule has 1 heterocycles. The maximum atomic E-state index is 13.7. The van der Waals surface area contributed by atoms with E-state index in [1.807, 2.05) is 112 Å². The molecule has 40 heavy (non-hydrogen) atoms. The van der Waals surface area contributed by atoms with Crippen LogP contribution in [0.4, 0.5) is 4.79 Å². The lowest BCUT2D eigenvalue weighted by atomic mass is 10.1. The fourth-order valence-corrected chi connectivity index (χ4v) is 4.92. The van der Waals surface area contributed by atoms with E-state index in [0.29, 0.717) is 19.8 Å². The minimum Gasteiger partial charge on any atom is -0.444 e. The van der Waals surface area contributed by atoms with Gasteiger partial charge < -0.3 is 23.7 Å². The van der Waals surface area contributed by atoms with Crippen LogP contribution in [0.15, 0.2) is 91.0 Å².